The van der Waals surface area contributed by atoms with Gasteiger partial charge in [-0.1, -0.05) is 335 Å². The third-order valence-corrected chi connectivity index (χ3v) is 16.4. The monoisotopic (exact) mass is 1070 g/mol. The molecule has 0 aromatic carbocycles. The Morgan fingerprint density at radius 3 is 0.892 bits per heavy atom. The number of rotatable bonds is 64. The Hall–Kier alpha value is -0.500. The number of carbonyl (C=O) groups excluding carboxylic acids is 1. The molecule has 0 aliphatic rings. The molecule has 0 aliphatic heterocycles. The Kier molecular flexibility index (Phi) is 58.2. The van der Waals surface area contributed by atoms with Crippen LogP contribution in [0.4, 0.5) is 0 Å². The number of hydrogen-bond donors (Lipinski definition) is 1. The number of nitrogens with zero attached hydrogens (tertiary/aromatic N) is 1. The largest absolute Gasteiger partial charge is 0.472 e. The van der Waals surface area contributed by atoms with Gasteiger partial charge in [0.05, 0.1) is 34.4 Å². The van der Waals surface area contributed by atoms with Crippen molar-refractivity contribution >= 4 is 13.8 Å². The van der Waals surface area contributed by atoms with Crippen LogP contribution >= 0.6 is 7.82 Å². The third kappa shape index (κ3) is 62.3. The molecule has 0 amide bonds. The molecular weight excluding hydrogens is 938 g/mol. The highest BCUT2D eigenvalue weighted by atomic mass is 31.2. The second kappa shape index (κ2) is 58.6. The maximum absolute atomic E-state index is 12.9. The van der Waals surface area contributed by atoms with Gasteiger partial charge in [-0.15, -0.1) is 0 Å². The Morgan fingerprint density at radius 2 is 0.622 bits per heavy atom. The molecule has 0 aromatic rings. The van der Waals surface area contributed by atoms with Gasteiger partial charge in [-0.05, 0) is 12.8 Å². The summed E-state index contributed by atoms with van der Waals surface area (Å²) in [6.07, 6.45) is 70.7. The lowest BCUT2D eigenvalue weighted by Gasteiger charge is -2.24. The molecule has 0 fully saturated rings. The van der Waals surface area contributed by atoms with Gasteiger partial charge in [0.2, 0.25) is 0 Å². The van der Waals surface area contributed by atoms with E-state index in [0.29, 0.717) is 24.1 Å². The number of phosphoric ester groups is 1. The Balaban J connectivity index is 3.88. The highest BCUT2D eigenvalue weighted by Crippen LogP contribution is 2.43. The molecule has 0 spiro atoms. The lowest BCUT2D eigenvalue weighted by Crippen LogP contribution is -2.37. The molecule has 0 radical (unpaired) electrons. The average molecular weight is 1070 g/mol. The zero-order chi connectivity index (χ0) is 54.0. The number of hydrogen-bond acceptors (Lipinski definition) is 6. The number of quaternary nitrogens is 1. The molecule has 9 heteroatoms. The van der Waals surface area contributed by atoms with Gasteiger partial charge in [-0.2, -0.15) is 0 Å². The quantitative estimate of drug-likeness (QED) is 0.0281. The minimum atomic E-state index is -4.28. The van der Waals surface area contributed by atoms with E-state index in [4.69, 9.17) is 18.5 Å². The molecule has 0 heterocycles. The summed E-state index contributed by atoms with van der Waals surface area (Å²) in [7, 11) is 1.70. The van der Waals surface area contributed by atoms with Crippen LogP contribution in [-0.2, 0) is 27.9 Å². The minimum Gasteiger partial charge on any atom is -0.457 e. The summed E-state index contributed by atoms with van der Waals surface area (Å²) in [4.78, 5) is 23.1. The zero-order valence-electron chi connectivity index (χ0n) is 50.9. The topological polar surface area (TPSA) is 91.3 Å². The van der Waals surface area contributed by atoms with E-state index in [9.17, 15) is 14.3 Å². The zero-order valence-corrected chi connectivity index (χ0v) is 51.8. The van der Waals surface area contributed by atoms with E-state index in [1.807, 2.05) is 21.1 Å². The van der Waals surface area contributed by atoms with Crippen molar-refractivity contribution in [2.75, 3.05) is 54.1 Å². The standard InChI is InChI=1S/C65H132NO7P/c1-6-8-10-12-14-16-18-20-22-24-26-28-29-30-31-32-33-34-35-36-37-38-39-40-42-44-46-48-50-52-54-56-58-65(67)73-64(63-72-74(68,69)71-61-59-66(3,4)5)62-70-60-57-55-53-51-49-47-45-43-41-27-25-23-21-19-17-15-13-11-9-7-2/h64H,6-63H2,1-5H3/p+1/t64-/m1/s1. The van der Waals surface area contributed by atoms with Crippen LogP contribution in [0.15, 0.2) is 0 Å². The van der Waals surface area contributed by atoms with E-state index >= 15 is 0 Å². The molecule has 74 heavy (non-hydrogen) atoms. The van der Waals surface area contributed by atoms with Gasteiger partial charge in [0, 0.05) is 13.0 Å². The SMILES string of the molecule is CCCCCCCCCCCCCCCCCCCCCCCCCCCCCCCCCCC(=O)O[C@H](COCCCCCCCCCCCCCCCCCCCCCC)COP(=O)(O)OCC[N+](C)(C)C. The first-order valence-electron chi connectivity index (χ1n) is 33.3. The molecule has 2 atom stereocenters. The first kappa shape index (κ1) is 73.5. The molecule has 0 rings (SSSR count). The van der Waals surface area contributed by atoms with E-state index < -0.39 is 13.9 Å². The summed E-state index contributed by atoms with van der Waals surface area (Å²) in [6, 6.07) is 0. The van der Waals surface area contributed by atoms with Crippen LogP contribution in [0.2, 0.25) is 0 Å². The summed E-state index contributed by atoms with van der Waals surface area (Å²) >= 11 is 0. The van der Waals surface area contributed by atoms with Crippen LogP contribution in [0.3, 0.4) is 0 Å². The first-order valence-corrected chi connectivity index (χ1v) is 34.8. The van der Waals surface area contributed by atoms with E-state index in [1.165, 1.54) is 302 Å². The summed E-state index contributed by atoms with van der Waals surface area (Å²) in [5, 5.41) is 0. The fraction of sp³-hybridized carbons (Fsp3) is 0.985. The van der Waals surface area contributed by atoms with Crippen LogP contribution in [0, 0.1) is 0 Å². The van der Waals surface area contributed by atoms with Crippen molar-refractivity contribution < 1.29 is 37.3 Å². The fourth-order valence-electron chi connectivity index (χ4n) is 10.3. The smallest absolute Gasteiger partial charge is 0.457 e. The minimum absolute atomic E-state index is 0.0946. The van der Waals surface area contributed by atoms with Gasteiger partial charge in [0.15, 0.2) is 0 Å². The molecule has 0 saturated carbocycles. The summed E-state index contributed by atoms with van der Waals surface area (Å²) in [5.74, 6) is -0.301. The van der Waals surface area contributed by atoms with Gasteiger partial charge < -0.3 is 18.9 Å². The van der Waals surface area contributed by atoms with Gasteiger partial charge in [0.25, 0.3) is 0 Å². The Labute approximate surface area is 463 Å². The van der Waals surface area contributed by atoms with Crippen LogP contribution in [0.5, 0.6) is 0 Å². The predicted octanol–water partition coefficient (Wildman–Crippen LogP) is 21.5. The molecule has 8 nitrogen and oxygen atoms in total. The molecule has 0 saturated heterocycles. The Bertz CT molecular complexity index is 1150. The van der Waals surface area contributed by atoms with Crippen molar-refractivity contribution in [3.8, 4) is 0 Å². The lowest BCUT2D eigenvalue weighted by molar-refractivity contribution is -0.870. The molecular formula is C65H133NO7P+. The van der Waals surface area contributed by atoms with Crippen molar-refractivity contribution in [3.63, 3.8) is 0 Å². The Morgan fingerprint density at radius 1 is 0.365 bits per heavy atom. The molecule has 1 N–H and O–H groups in total. The van der Waals surface area contributed by atoms with Crippen molar-refractivity contribution in [3.05, 3.63) is 0 Å². The van der Waals surface area contributed by atoms with Crippen LogP contribution < -0.4 is 0 Å². The summed E-state index contributed by atoms with van der Waals surface area (Å²) in [5.41, 5.74) is 0. The molecule has 444 valence electrons. The van der Waals surface area contributed by atoms with E-state index in [1.54, 1.807) is 0 Å². The maximum Gasteiger partial charge on any atom is 0.472 e. The molecule has 1 unspecified atom stereocenters. The van der Waals surface area contributed by atoms with Crippen LogP contribution in [-0.4, -0.2) is 75.6 Å². The van der Waals surface area contributed by atoms with Gasteiger partial charge >= 0.3 is 13.8 Å². The van der Waals surface area contributed by atoms with Gasteiger partial charge in [-0.3, -0.25) is 13.8 Å². The number of likely N-dealkylation sites (N-methyl/N-ethyl adjacent to an activating group) is 1. The number of phosphoric acid groups is 1. The van der Waals surface area contributed by atoms with E-state index in [2.05, 4.69) is 13.8 Å². The van der Waals surface area contributed by atoms with Crippen LogP contribution in [0.1, 0.15) is 354 Å². The lowest BCUT2D eigenvalue weighted by atomic mass is 10.0. The highest BCUT2D eigenvalue weighted by molar-refractivity contribution is 7.47. The van der Waals surface area contributed by atoms with Crippen molar-refractivity contribution in [2.24, 2.45) is 0 Å². The molecule has 0 bridgehead atoms. The van der Waals surface area contributed by atoms with Crippen molar-refractivity contribution in [1.82, 2.24) is 0 Å². The van der Waals surface area contributed by atoms with Crippen molar-refractivity contribution in [1.29, 1.82) is 0 Å². The first-order chi connectivity index (χ1) is 36.1. The number of esters is 1. The normalized spacial score (nSPS) is 13.2. The average Bonchev–Trinajstić information content (AvgIpc) is 3.37. The second-order valence-electron chi connectivity index (χ2n) is 24.2. The second-order valence-corrected chi connectivity index (χ2v) is 25.7. The highest BCUT2D eigenvalue weighted by Gasteiger charge is 2.26. The number of unbranched alkanes of at least 4 members (excludes halogenated alkanes) is 50. The maximum atomic E-state index is 12.9. The fourth-order valence-corrected chi connectivity index (χ4v) is 11.1. The van der Waals surface area contributed by atoms with Gasteiger partial charge in [-0.25, -0.2) is 4.57 Å². The summed E-state index contributed by atoms with van der Waals surface area (Å²) in [6.45, 7) is 5.73. The van der Waals surface area contributed by atoms with E-state index in [-0.39, 0.29) is 25.8 Å². The molecule has 0 aliphatic carbocycles. The number of carbonyl (C=O) groups is 1. The third-order valence-electron chi connectivity index (χ3n) is 15.4. The van der Waals surface area contributed by atoms with Gasteiger partial charge in [0.1, 0.15) is 19.3 Å². The van der Waals surface area contributed by atoms with Crippen molar-refractivity contribution in [2.45, 2.75) is 360 Å². The van der Waals surface area contributed by atoms with E-state index in [0.717, 1.165) is 32.1 Å². The van der Waals surface area contributed by atoms with Crippen LogP contribution in [0.25, 0.3) is 0 Å². The number of ether oxygens (including phenoxy) is 2. The predicted molar refractivity (Wildman–Crippen MR) is 321 cm³/mol. The summed E-state index contributed by atoms with van der Waals surface area (Å²) < 4.78 is 35.4. The molecule has 0 aromatic heterocycles.